The second-order valence-electron chi connectivity index (χ2n) is 4.58. The third-order valence-corrected chi connectivity index (χ3v) is 3.14. The summed E-state index contributed by atoms with van der Waals surface area (Å²) in [6.45, 7) is 1.55. The van der Waals surface area contributed by atoms with Crippen LogP contribution < -0.4 is 14.8 Å². The first-order chi connectivity index (χ1) is 9.83. The Labute approximate surface area is 117 Å². The Kier molecular flexibility index (Phi) is 3.58. The first-order valence-corrected chi connectivity index (χ1v) is 6.60. The van der Waals surface area contributed by atoms with E-state index in [1.165, 1.54) is 0 Å². The molecule has 1 aliphatic heterocycles. The SMILES string of the molecule is O=C(NCCn1cccc1)[C@H]1COc2ccccc2O1. The van der Waals surface area contributed by atoms with Gasteiger partial charge in [-0.25, -0.2) is 0 Å². The Bertz CT molecular complexity index is 581. The molecular formula is C15H16N2O3. The van der Waals surface area contributed by atoms with Crippen LogP contribution in [0.5, 0.6) is 11.5 Å². The number of nitrogens with one attached hydrogen (secondary N) is 1. The van der Waals surface area contributed by atoms with E-state index in [4.69, 9.17) is 9.47 Å². The van der Waals surface area contributed by atoms with E-state index >= 15 is 0 Å². The van der Waals surface area contributed by atoms with Crippen LogP contribution >= 0.6 is 0 Å². The zero-order chi connectivity index (χ0) is 13.8. The van der Waals surface area contributed by atoms with E-state index < -0.39 is 6.10 Å². The summed E-state index contributed by atoms with van der Waals surface area (Å²) in [4.78, 5) is 12.0. The van der Waals surface area contributed by atoms with Crippen LogP contribution in [0, 0.1) is 0 Å². The summed E-state index contributed by atoms with van der Waals surface area (Å²) in [5.41, 5.74) is 0. The van der Waals surface area contributed by atoms with Crippen LogP contribution in [-0.4, -0.2) is 29.7 Å². The van der Waals surface area contributed by atoms with Crippen molar-refractivity contribution in [3.8, 4) is 11.5 Å². The molecule has 3 rings (SSSR count). The van der Waals surface area contributed by atoms with Crippen molar-refractivity contribution < 1.29 is 14.3 Å². The molecular weight excluding hydrogens is 256 g/mol. The number of fused-ring (bicyclic) bond motifs is 1. The number of aromatic nitrogens is 1. The third kappa shape index (κ3) is 2.77. The van der Waals surface area contributed by atoms with Crippen LogP contribution in [0.3, 0.4) is 0 Å². The van der Waals surface area contributed by atoms with Crippen molar-refractivity contribution in [2.75, 3.05) is 13.2 Å². The molecule has 1 aromatic heterocycles. The lowest BCUT2D eigenvalue weighted by Crippen LogP contribution is -2.44. The fraction of sp³-hybridized carbons (Fsp3) is 0.267. The predicted octanol–water partition coefficient (Wildman–Crippen LogP) is 1.44. The summed E-state index contributed by atoms with van der Waals surface area (Å²) in [7, 11) is 0. The number of carbonyl (C=O) groups is 1. The molecule has 2 aromatic rings. The molecule has 1 aliphatic rings. The van der Waals surface area contributed by atoms with Gasteiger partial charge in [0.25, 0.3) is 5.91 Å². The molecule has 20 heavy (non-hydrogen) atoms. The molecule has 2 heterocycles. The van der Waals surface area contributed by atoms with Crippen molar-refractivity contribution >= 4 is 5.91 Å². The summed E-state index contributed by atoms with van der Waals surface area (Å²) < 4.78 is 13.2. The van der Waals surface area contributed by atoms with E-state index in [0.717, 1.165) is 6.54 Å². The first kappa shape index (κ1) is 12.6. The molecule has 5 nitrogen and oxygen atoms in total. The number of ether oxygens (including phenoxy) is 2. The number of para-hydroxylation sites is 2. The summed E-state index contributed by atoms with van der Waals surface area (Å²) in [6, 6.07) is 11.3. The Hall–Kier alpha value is -2.43. The van der Waals surface area contributed by atoms with Crippen molar-refractivity contribution in [1.29, 1.82) is 0 Å². The number of amides is 1. The molecule has 5 heteroatoms. The van der Waals surface area contributed by atoms with Gasteiger partial charge in [-0.05, 0) is 24.3 Å². The van der Waals surface area contributed by atoms with E-state index in [0.29, 0.717) is 18.0 Å². The Morgan fingerprint density at radius 2 is 1.95 bits per heavy atom. The minimum Gasteiger partial charge on any atom is -0.485 e. The van der Waals surface area contributed by atoms with Crippen molar-refractivity contribution in [3.63, 3.8) is 0 Å². The number of benzene rings is 1. The molecule has 0 fully saturated rings. The maximum absolute atomic E-state index is 12.0. The van der Waals surface area contributed by atoms with Gasteiger partial charge < -0.3 is 19.4 Å². The summed E-state index contributed by atoms with van der Waals surface area (Å²) in [6.07, 6.45) is 3.33. The van der Waals surface area contributed by atoms with Crippen LogP contribution in [0.1, 0.15) is 0 Å². The predicted molar refractivity (Wildman–Crippen MR) is 73.8 cm³/mol. The molecule has 1 atom stereocenters. The highest BCUT2D eigenvalue weighted by Crippen LogP contribution is 2.30. The second-order valence-corrected chi connectivity index (χ2v) is 4.58. The van der Waals surface area contributed by atoms with Gasteiger partial charge >= 0.3 is 0 Å². The minimum absolute atomic E-state index is 0.147. The van der Waals surface area contributed by atoms with Crippen molar-refractivity contribution in [1.82, 2.24) is 9.88 Å². The molecule has 1 aromatic carbocycles. The molecule has 0 aliphatic carbocycles. The van der Waals surface area contributed by atoms with E-state index in [1.807, 2.05) is 47.3 Å². The number of hydrogen-bond acceptors (Lipinski definition) is 3. The molecule has 0 bridgehead atoms. The summed E-state index contributed by atoms with van der Waals surface area (Å²) in [5, 5.41) is 2.86. The molecule has 0 unspecified atom stereocenters. The van der Waals surface area contributed by atoms with Crippen molar-refractivity contribution in [2.45, 2.75) is 12.6 Å². The highest BCUT2D eigenvalue weighted by molar-refractivity contribution is 5.81. The normalized spacial score (nSPS) is 16.7. The number of carbonyl (C=O) groups excluding carboxylic acids is 1. The molecule has 104 valence electrons. The van der Waals surface area contributed by atoms with Gasteiger partial charge in [0.2, 0.25) is 6.10 Å². The number of hydrogen-bond donors (Lipinski definition) is 1. The van der Waals surface area contributed by atoms with Crippen LogP contribution in [0.25, 0.3) is 0 Å². The maximum Gasteiger partial charge on any atom is 0.264 e. The van der Waals surface area contributed by atoms with Gasteiger partial charge in [0.15, 0.2) is 11.5 Å². The topological polar surface area (TPSA) is 52.5 Å². The monoisotopic (exact) mass is 272 g/mol. The van der Waals surface area contributed by atoms with Gasteiger partial charge in [-0.1, -0.05) is 12.1 Å². The number of rotatable bonds is 4. The van der Waals surface area contributed by atoms with E-state index in [-0.39, 0.29) is 12.5 Å². The molecule has 0 saturated heterocycles. The minimum atomic E-state index is -0.588. The Morgan fingerprint density at radius 3 is 2.75 bits per heavy atom. The van der Waals surface area contributed by atoms with Crippen LogP contribution in [0.4, 0.5) is 0 Å². The van der Waals surface area contributed by atoms with Gasteiger partial charge in [0.1, 0.15) is 6.61 Å². The van der Waals surface area contributed by atoms with Gasteiger partial charge in [0, 0.05) is 25.5 Å². The lowest BCUT2D eigenvalue weighted by Gasteiger charge is -2.25. The fourth-order valence-corrected chi connectivity index (χ4v) is 2.09. The highest BCUT2D eigenvalue weighted by Gasteiger charge is 2.26. The third-order valence-electron chi connectivity index (χ3n) is 3.14. The average Bonchev–Trinajstić information content (AvgIpc) is 3.00. The smallest absolute Gasteiger partial charge is 0.264 e. The number of nitrogens with zero attached hydrogens (tertiary/aromatic N) is 1. The molecule has 0 spiro atoms. The molecule has 0 saturated carbocycles. The maximum atomic E-state index is 12.0. The largest absolute Gasteiger partial charge is 0.485 e. The van der Waals surface area contributed by atoms with Gasteiger partial charge in [0.05, 0.1) is 0 Å². The molecule has 1 amide bonds. The lowest BCUT2D eigenvalue weighted by molar-refractivity contribution is -0.130. The fourth-order valence-electron chi connectivity index (χ4n) is 2.09. The highest BCUT2D eigenvalue weighted by atomic mass is 16.6. The quantitative estimate of drug-likeness (QED) is 0.916. The average molecular weight is 272 g/mol. The summed E-state index contributed by atoms with van der Waals surface area (Å²) >= 11 is 0. The van der Waals surface area contributed by atoms with Crippen LogP contribution in [0.2, 0.25) is 0 Å². The van der Waals surface area contributed by atoms with Crippen LogP contribution in [-0.2, 0) is 11.3 Å². The molecule has 1 N–H and O–H groups in total. The second kappa shape index (κ2) is 5.69. The van der Waals surface area contributed by atoms with Gasteiger partial charge in [-0.3, -0.25) is 4.79 Å². The first-order valence-electron chi connectivity index (χ1n) is 6.60. The van der Waals surface area contributed by atoms with Gasteiger partial charge in [-0.2, -0.15) is 0 Å². The molecule has 0 radical (unpaired) electrons. The van der Waals surface area contributed by atoms with Gasteiger partial charge in [-0.15, -0.1) is 0 Å². The van der Waals surface area contributed by atoms with E-state index in [1.54, 1.807) is 6.07 Å². The summed E-state index contributed by atoms with van der Waals surface area (Å²) in [5.74, 6) is 1.15. The lowest BCUT2D eigenvalue weighted by atomic mass is 10.2. The zero-order valence-electron chi connectivity index (χ0n) is 11.0. The standard InChI is InChI=1S/C15H16N2O3/c18-15(16-7-10-17-8-3-4-9-17)14-11-19-12-5-1-2-6-13(12)20-14/h1-6,8-9,14H,7,10-11H2,(H,16,18)/t14-/m1/s1. The van der Waals surface area contributed by atoms with Crippen molar-refractivity contribution in [3.05, 3.63) is 48.8 Å². The zero-order valence-corrected chi connectivity index (χ0v) is 11.0. The van der Waals surface area contributed by atoms with Crippen LogP contribution in [0.15, 0.2) is 48.8 Å². The van der Waals surface area contributed by atoms with Crippen molar-refractivity contribution in [2.24, 2.45) is 0 Å². The Morgan fingerprint density at radius 1 is 1.20 bits per heavy atom. The van der Waals surface area contributed by atoms with E-state index in [9.17, 15) is 4.79 Å². The van der Waals surface area contributed by atoms with E-state index in [2.05, 4.69) is 5.32 Å². The Balaban J connectivity index is 1.51.